The van der Waals surface area contributed by atoms with Crippen LogP contribution in [0, 0.1) is 5.41 Å². The summed E-state index contributed by atoms with van der Waals surface area (Å²) in [4.78, 5) is 17.5. The van der Waals surface area contributed by atoms with E-state index in [2.05, 4.69) is 16.3 Å². The summed E-state index contributed by atoms with van der Waals surface area (Å²) in [5, 5.41) is 4.09. The third kappa shape index (κ3) is 4.59. The first-order valence-corrected chi connectivity index (χ1v) is 9.02. The Hall–Kier alpha value is -1.01. The predicted octanol–water partition coefficient (Wildman–Crippen LogP) is 2.43. The van der Waals surface area contributed by atoms with Gasteiger partial charge in [-0.05, 0) is 44.1 Å². The molecular formula is C18H27Cl2N3O2. The molecule has 25 heavy (non-hydrogen) atoms. The molecule has 2 aliphatic heterocycles. The van der Waals surface area contributed by atoms with E-state index in [4.69, 9.17) is 16.3 Å². The summed E-state index contributed by atoms with van der Waals surface area (Å²) >= 11 is 6.09. The number of carbonyl (C=O) groups is 1. The summed E-state index contributed by atoms with van der Waals surface area (Å²) in [5.41, 5.74) is 0.779. The van der Waals surface area contributed by atoms with Crippen LogP contribution in [0.25, 0.3) is 0 Å². The number of nitrogens with one attached hydrogen (secondary N) is 1. The van der Waals surface area contributed by atoms with Gasteiger partial charge in [-0.1, -0.05) is 17.7 Å². The second kappa shape index (κ2) is 9.08. The number of ether oxygens (including phenoxy) is 1. The Morgan fingerprint density at radius 3 is 2.52 bits per heavy atom. The summed E-state index contributed by atoms with van der Waals surface area (Å²) in [6.07, 6.45) is 1.71. The van der Waals surface area contributed by atoms with Crippen LogP contribution in [0.3, 0.4) is 0 Å². The Kier molecular flexibility index (Phi) is 7.37. The lowest BCUT2D eigenvalue weighted by Crippen LogP contribution is -2.56. The Morgan fingerprint density at radius 2 is 1.92 bits per heavy atom. The van der Waals surface area contributed by atoms with Crippen molar-refractivity contribution >= 4 is 35.6 Å². The van der Waals surface area contributed by atoms with Crippen molar-refractivity contribution in [2.45, 2.75) is 12.8 Å². The molecular weight excluding hydrogens is 361 g/mol. The monoisotopic (exact) mass is 387 g/mol. The first-order chi connectivity index (χ1) is 11.6. The topological polar surface area (TPSA) is 44.8 Å². The zero-order valence-corrected chi connectivity index (χ0v) is 16.2. The predicted molar refractivity (Wildman–Crippen MR) is 104 cm³/mol. The van der Waals surface area contributed by atoms with Crippen LogP contribution in [0.5, 0.6) is 0 Å². The van der Waals surface area contributed by atoms with E-state index >= 15 is 0 Å². The Balaban J connectivity index is 0.00000225. The smallest absolute Gasteiger partial charge is 0.231 e. The standard InChI is InChI=1S/C18H26ClN3O2.ClH/c1-24-14-18(5-7-20-8-6-18)17(23)22-11-9-21(10-12-22)16-4-2-3-15(19)13-16;/h2-4,13,20H,5-12,14H2,1H3;1H. The van der Waals surface area contributed by atoms with Gasteiger partial charge in [0.05, 0.1) is 12.0 Å². The molecule has 0 aromatic heterocycles. The molecule has 0 aliphatic carbocycles. The van der Waals surface area contributed by atoms with Crippen LogP contribution >= 0.6 is 24.0 Å². The first kappa shape index (κ1) is 20.3. The van der Waals surface area contributed by atoms with Crippen LogP contribution in [0.15, 0.2) is 24.3 Å². The fourth-order valence-electron chi connectivity index (χ4n) is 3.78. The summed E-state index contributed by atoms with van der Waals surface area (Å²) < 4.78 is 5.40. The molecule has 0 unspecified atom stereocenters. The number of carbonyl (C=O) groups excluding carboxylic acids is 1. The van der Waals surface area contributed by atoms with Crippen LogP contribution in [0.2, 0.25) is 5.02 Å². The molecule has 1 aromatic rings. The molecule has 0 saturated carbocycles. The zero-order chi connectivity index (χ0) is 17.0. The van der Waals surface area contributed by atoms with E-state index in [0.717, 1.165) is 62.8 Å². The van der Waals surface area contributed by atoms with Gasteiger partial charge in [0.1, 0.15) is 0 Å². The van der Waals surface area contributed by atoms with Crippen molar-refractivity contribution in [2.75, 3.05) is 57.9 Å². The maximum atomic E-state index is 13.1. The number of halogens is 2. The fraction of sp³-hybridized carbons (Fsp3) is 0.611. The number of amides is 1. The number of piperidine rings is 1. The number of anilines is 1. The molecule has 2 heterocycles. The number of rotatable bonds is 4. The molecule has 1 amide bonds. The Morgan fingerprint density at radius 1 is 1.24 bits per heavy atom. The van der Waals surface area contributed by atoms with Gasteiger partial charge >= 0.3 is 0 Å². The van der Waals surface area contributed by atoms with E-state index in [0.29, 0.717) is 6.61 Å². The molecule has 3 rings (SSSR count). The number of piperazine rings is 1. The number of benzene rings is 1. The molecule has 2 aliphatic rings. The van der Waals surface area contributed by atoms with E-state index in [-0.39, 0.29) is 23.7 Å². The molecule has 2 fully saturated rings. The van der Waals surface area contributed by atoms with Crippen molar-refractivity contribution < 1.29 is 9.53 Å². The second-order valence-corrected chi connectivity index (χ2v) is 7.16. The second-order valence-electron chi connectivity index (χ2n) is 6.72. The Labute approximate surface area is 161 Å². The highest BCUT2D eigenvalue weighted by atomic mass is 35.5. The van der Waals surface area contributed by atoms with Crippen LogP contribution in [0.4, 0.5) is 5.69 Å². The van der Waals surface area contributed by atoms with Gasteiger partial charge in [0, 0.05) is 44.0 Å². The summed E-state index contributed by atoms with van der Waals surface area (Å²) in [7, 11) is 1.69. The van der Waals surface area contributed by atoms with Crippen molar-refractivity contribution in [3.63, 3.8) is 0 Å². The van der Waals surface area contributed by atoms with Gasteiger partial charge in [-0.25, -0.2) is 0 Å². The van der Waals surface area contributed by atoms with Gasteiger partial charge in [-0.3, -0.25) is 4.79 Å². The molecule has 140 valence electrons. The minimum absolute atomic E-state index is 0. The minimum atomic E-state index is -0.349. The molecule has 0 bridgehead atoms. The van der Waals surface area contributed by atoms with Crippen LogP contribution in [-0.4, -0.2) is 63.8 Å². The highest BCUT2D eigenvalue weighted by Crippen LogP contribution is 2.32. The molecule has 7 heteroatoms. The fourth-order valence-corrected chi connectivity index (χ4v) is 3.96. The summed E-state index contributed by atoms with van der Waals surface area (Å²) in [6, 6.07) is 7.91. The molecule has 1 aromatic carbocycles. The number of hydrogen-bond acceptors (Lipinski definition) is 4. The van der Waals surface area contributed by atoms with Gasteiger partial charge in [0.2, 0.25) is 5.91 Å². The molecule has 0 spiro atoms. The Bertz CT molecular complexity index is 566. The quantitative estimate of drug-likeness (QED) is 0.861. The number of hydrogen-bond donors (Lipinski definition) is 1. The summed E-state index contributed by atoms with van der Waals surface area (Å²) in [6.45, 7) is 5.48. The van der Waals surface area contributed by atoms with Gasteiger partial charge < -0.3 is 19.9 Å². The van der Waals surface area contributed by atoms with Crippen LogP contribution < -0.4 is 10.2 Å². The average molecular weight is 388 g/mol. The van der Waals surface area contributed by atoms with Crippen molar-refractivity contribution in [1.29, 1.82) is 0 Å². The normalized spacial score (nSPS) is 20.1. The van der Waals surface area contributed by atoms with Gasteiger partial charge in [-0.15, -0.1) is 12.4 Å². The molecule has 1 N–H and O–H groups in total. The van der Waals surface area contributed by atoms with Crippen molar-refractivity contribution in [3.8, 4) is 0 Å². The third-order valence-corrected chi connectivity index (χ3v) is 5.41. The lowest BCUT2D eigenvalue weighted by atomic mass is 9.78. The van der Waals surface area contributed by atoms with E-state index < -0.39 is 0 Å². The molecule has 0 atom stereocenters. The van der Waals surface area contributed by atoms with E-state index in [9.17, 15) is 4.79 Å². The lowest BCUT2D eigenvalue weighted by Gasteiger charge is -2.43. The van der Waals surface area contributed by atoms with Crippen molar-refractivity contribution in [3.05, 3.63) is 29.3 Å². The molecule has 2 saturated heterocycles. The maximum Gasteiger partial charge on any atom is 0.231 e. The number of methoxy groups -OCH3 is 1. The van der Waals surface area contributed by atoms with E-state index in [1.54, 1.807) is 7.11 Å². The maximum absolute atomic E-state index is 13.1. The highest BCUT2D eigenvalue weighted by Gasteiger charge is 2.42. The minimum Gasteiger partial charge on any atom is -0.384 e. The lowest BCUT2D eigenvalue weighted by molar-refractivity contribution is -0.147. The van der Waals surface area contributed by atoms with Crippen molar-refractivity contribution in [2.24, 2.45) is 5.41 Å². The molecule has 5 nitrogen and oxygen atoms in total. The highest BCUT2D eigenvalue weighted by molar-refractivity contribution is 6.30. The third-order valence-electron chi connectivity index (χ3n) is 5.18. The summed E-state index contributed by atoms with van der Waals surface area (Å²) in [5.74, 6) is 0.261. The average Bonchev–Trinajstić information content (AvgIpc) is 2.62. The molecule has 0 radical (unpaired) electrons. The van der Waals surface area contributed by atoms with Crippen molar-refractivity contribution in [1.82, 2.24) is 10.2 Å². The van der Waals surface area contributed by atoms with Crippen LogP contribution in [-0.2, 0) is 9.53 Å². The van der Waals surface area contributed by atoms with Gasteiger partial charge in [-0.2, -0.15) is 0 Å². The SMILES string of the molecule is COCC1(C(=O)N2CCN(c3cccc(Cl)c3)CC2)CCNCC1.Cl. The van der Waals surface area contributed by atoms with E-state index in [1.165, 1.54) is 0 Å². The zero-order valence-electron chi connectivity index (χ0n) is 14.7. The van der Waals surface area contributed by atoms with Gasteiger partial charge in [0.25, 0.3) is 0 Å². The first-order valence-electron chi connectivity index (χ1n) is 8.64. The number of nitrogens with zero attached hydrogens (tertiary/aromatic N) is 2. The van der Waals surface area contributed by atoms with Gasteiger partial charge in [0.15, 0.2) is 0 Å². The van der Waals surface area contributed by atoms with Crippen LogP contribution in [0.1, 0.15) is 12.8 Å². The largest absolute Gasteiger partial charge is 0.384 e. The van der Waals surface area contributed by atoms with E-state index in [1.807, 2.05) is 23.1 Å².